The molecule has 2 N–H and O–H groups in total. The van der Waals surface area contributed by atoms with Gasteiger partial charge in [-0.3, -0.25) is 4.79 Å². The average Bonchev–Trinajstić information content (AvgIpc) is 2.48. The molecule has 4 heteroatoms. The molecule has 1 aromatic carbocycles. The Morgan fingerprint density at radius 1 is 1.33 bits per heavy atom. The number of ether oxygens (including phenoxy) is 1. The lowest BCUT2D eigenvalue weighted by atomic mass is 9.89. The van der Waals surface area contributed by atoms with Crippen LogP contribution in [0, 0.1) is 5.92 Å². The quantitative estimate of drug-likeness (QED) is 0.847. The van der Waals surface area contributed by atoms with Crippen molar-refractivity contribution in [2.45, 2.75) is 45.1 Å². The van der Waals surface area contributed by atoms with E-state index in [-0.39, 0.29) is 25.2 Å². The van der Waals surface area contributed by atoms with Crippen LogP contribution in [0.4, 0.5) is 5.69 Å². The van der Waals surface area contributed by atoms with E-state index in [0.717, 1.165) is 24.1 Å². The van der Waals surface area contributed by atoms with E-state index in [9.17, 15) is 4.79 Å². The van der Waals surface area contributed by atoms with Gasteiger partial charge >= 0.3 is 0 Å². The molecule has 1 aromatic rings. The number of hydrogen-bond donors (Lipinski definition) is 2. The molecular weight excluding hydrogens is 266 g/mol. The maximum absolute atomic E-state index is 11.9. The van der Waals surface area contributed by atoms with Crippen LogP contribution in [0.3, 0.4) is 0 Å². The second-order valence-electron chi connectivity index (χ2n) is 5.92. The van der Waals surface area contributed by atoms with Gasteiger partial charge in [-0.2, -0.15) is 0 Å². The maximum Gasteiger partial charge on any atom is 0.250 e. The molecule has 4 nitrogen and oxygen atoms in total. The van der Waals surface area contributed by atoms with Crippen molar-refractivity contribution in [3.05, 3.63) is 29.8 Å². The standard InChI is InChI=1S/C17H25NO3/c1-13-3-2-4-16(11-13)21-12-17(20)18-15-7-5-14(6-8-15)9-10-19/h5-8,13,16,19H,2-4,9-12H2,1H3,(H,18,20). The molecule has 21 heavy (non-hydrogen) atoms. The first-order valence-corrected chi connectivity index (χ1v) is 7.78. The fourth-order valence-corrected chi connectivity index (χ4v) is 2.80. The number of aliphatic hydroxyl groups excluding tert-OH is 1. The molecule has 1 fully saturated rings. The highest BCUT2D eigenvalue weighted by atomic mass is 16.5. The van der Waals surface area contributed by atoms with E-state index in [1.807, 2.05) is 24.3 Å². The second-order valence-corrected chi connectivity index (χ2v) is 5.92. The molecule has 2 unspecified atom stereocenters. The molecule has 2 rings (SSSR count). The van der Waals surface area contributed by atoms with Crippen molar-refractivity contribution in [2.75, 3.05) is 18.5 Å². The summed E-state index contributed by atoms with van der Waals surface area (Å²) >= 11 is 0. The largest absolute Gasteiger partial charge is 0.396 e. The molecule has 0 radical (unpaired) electrons. The third-order valence-electron chi connectivity index (χ3n) is 3.98. The number of carbonyl (C=O) groups is 1. The maximum atomic E-state index is 11.9. The number of rotatable bonds is 6. The summed E-state index contributed by atoms with van der Waals surface area (Å²) in [6.07, 6.45) is 5.45. The second kappa shape index (κ2) is 8.15. The highest BCUT2D eigenvalue weighted by molar-refractivity contribution is 5.91. The molecule has 1 saturated carbocycles. The van der Waals surface area contributed by atoms with E-state index >= 15 is 0 Å². The number of benzene rings is 1. The van der Waals surface area contributed by atoms with Crippen molar-refractivity contribution in [1.29, 1.82) is 0 Å². The van der Waals surface area contributed by atoms with Crippen LogP contribution in [0.1, 0.15) is 38.2 Å². The van der Waals surface area contributed by atoms with Crippen molar-refractivity contribution in [3.8, 4) is 0 Å². The van der Waals surface area contributed by atoms with Gasteiger partial charge in [0.05, 0.1) is 6.10 Å². The molecule has 0 aromatic heterocycles. The van der Waals surface area contributed by atoms with E-state index in [2.05, 4.69) is 12.2 Å². The summed E-state index contributed by atoms with van der Waals surface area (Å²) in [5.41, 5.74) is 1.82. The molecule has 0 saturated heterocycles. The topological polar surface area (TPSA) is 58.6 Å². The fraction of sp³-hybridized carbons (Fsp3) is 0.588. The Labute approximate surface area is 126 Å². The zero-order chi connectivity index (χ0) is 15.1. The molecule has 0 spiro atoms. The first kappa shape index (κ1) is 16.0. The number of hydrogen-bond acceptors (Lipinski definition) is 3. The Kier molecular flexibility index (Phi) is 6.21. The van der Waals surface area contributed by atoms with E-state index in [0.29, 0.717) is 12.3 Å². The third-order valence-corrected chi connectivity index (χ3v) is 3.98. The van der Waals surface area contributed by atoms with Crippen molar-refractivity contribution in [3.63, 3.8) is 0 Å². The Hall–Kier alpha value is -1.39. The van der Waals surface area contributed by atoms with Crippen molar-refractivity contribution < 1.29 is 14.6 Å². The molecule has 1 aliphatic rings. The van der Waals surface area contributed by atoms with Gasteiger partial charge in [0.2, 0.25) is 5.91 Å². The van der Waals surface area contributed by atoms with Gasteiger partial charge in [-0.25, -0.2) is 0 Å². The lowest BCUT2D eigenvalue weighted by Gasteiger charge is -2.26. The first-order chi connectivity index (χ1) is 10.2. The number of nitrogens with one attached hydrogen (secondary N) is 1. The third kappa shape index (κ3) is 5.48. The SMILES string of the molecule is CC1CCCC(OCC(=O)Nc2ccc(CCO)cc2)C1. The Morgan fingerprint density at radius 3 is 2.76 bits per heavy atom. The van der Waals surface area contributed by atoms with Crippen LogP contribution in [0.15, 0.2) is 24.3 Å². The molecule has 1 aliphatic carbocycles. The predicted molar refractivity (Wildman–Crippen MR) is 83.2 cm³/mol. The van der Waals surface area contributed by atoms with Gasteiger partial charge in [-0.05, 0) is 42.9 Å². The van der Waals surface area contributed by atoms with E-state index in [1.54, 1.807) is 0 Å². The van der Waals surface area contributed by atoms with Crippen LogP contribution >= 0.6 is 0 Å². The summed E-state index contributed by atoms with van der Waals surface area (Å²) < 4.78 is 5.70. The highest BCUT2D eigenvalue weighted by Crippen LogP contribution is 2.25. The van der Waals surface area contributed by atoms with Gasteiger partial charge in [-0.15, -0.1) is 0 Å². The minimum absolute atomic E-state index is 0.108. The summed E-state index contributed by atoms with van der Waals surface area (Å²) in [5.74, 6) is 0.592. The monoisotopic (exact) mass is 291 g/mol. The van der Waals surface area contributed by atoms with E-state index in [4.69, 9.17) is 9.84 Å². The fourth-order valence-electron chi connectivity index (χ4n) is 2.80. The van der Waals surface area contributed by atoms with Gasteiger partial charge < -0.3 is 15.2 Å². The lowest BCUT2D eigenvalue weighted by molar-refractivity contribution is -0.123. The van der Waals surface area contributed by atoms with Crippen molar-refractivity contribution in [2.24, 2.45) is 5.92 Å². The average molecular weight is 291 g/mol. The lowest BCUT2D eigenvalue weighted by Crippen LogP contribution is -2.26. The zero-order valence-electron chi connectivity index (χ0n) is 12.7. The predicted octanol–water partition coefficient (Wildman–Crippen LogP) is 2.76. The number of amides is 1. The Balaban J connectivity index is 1.73. The molecule has 0 aliphatic heterocycles. The normalized spacial score (nSPS) is 22.0. The van der Waals surface area contributed by atoms with Gasteiger partial charge in [0.1, 0.15) is 6.61 Å². The molecular formula is C17H25NO3. The number of anilines is 1. The smallest absolute Gasteiger partial charge is 0.250 e. The summed E-state index contributed by atoms with van der Waals surface area (Å²) in [6.45, 7) is 2.50. The van der Waals surface area contributed by atoms with Crippen LogP contribution in [-0.2, 0) is 16.0 Å². The van der Waals surface area contributed by atoms with E-state index < -0.39 is 0 Å². The first-order valence-electron chi connectivity index (χ1n) is 7.78. The highest BCUT2D eigenvalue weighted by Gasteiger charge is 2.20. The van der Waals surface area contributed by atoms with Gasteiger partial charge in [0.25, 0.3) is 0 Å². The van der Waals surface area contributed by atoms with Crippen LogP contribution in [0.5, 0.6) is 0 Å². The van der Waals surface area contributed by atoms with Crippen molar-refractivity contribution in [1.82, 2.24) is 0 Å². The Morgan fingerprint density at radius 2 is 2.10 bits per heavy atom. The summed E-state index contributed by atoms with van der Waals surface area (Å²) in [7, 11) is 0. The minimum atomic E-state index is -0.108. The van der Waals surface area contributed by atoms with E-state index in [1.165, 1.54) is 12.8 Å². The summed E-state index contributed by atoms with van der Waals surface area (Å²) in [4.78, 5) is 11.9. The zero-order valence-corrected chi connectivity index (χ0v) is 12.7. The molecule has 1 amide bonds. The van der Waals surface area contributed by atoms with Crippen LogP contribution in [-0.4, -0.2) is 30.3 Å². The van der Waals surface area contributed by atoms with Crippen molar-refractivity contribution >= 4 is 11.6 Å². The molecule has 0 heterocycles. The van der Waals surface area contributed by atoms with Crippen LogP contribution in [0.25, 0.3) is 0 Å². The van der Waals surface area contributed by atoms with Crippen LogP contribution in [0.2, 0.25) is 0 Å². The Bertz CT molecular complexity index is 444. The number of carbonyl (C=O) groups excluding carboxylic acids is 1. The van der Waals surface area contributed by atoms with Gasteiger partial charge in [-0.1, -0.05) is 31.9 Å². The summed E-state index contributed by atoms with van der Waals surface area (Å²) in [6, 6.07) is 7.53. The van der Waals surface area contributed by atoms with Crippen LogP contribution < -0.4 is 5.32 Å². The minimum Gasteiger partial charge on any atom is -0.396 e. The summed E-state index contributed by atoms with van der Waals surface area (Å²) in [5, 5.41) is 11.7. The molecule has 0 bridgehead atoms. The molecule has 116 valence electrons. The van der Waals surface area contributed by atoms with Gasteiger partial charge in [0, 0.05) is 12.3 Å². The number of aliphatic hydroxyl groups is 1. The molecule has 2 atom stereocenters. The van der Waals surface area contributed by atoms with Gasteiger partial charge in [0.15, 0.2) is 0 Å².